The fraction of sp³-hybridized carbons (Fsp3) is 0. The molecule has 0 unspecified atom stereocenters. The molecule has 0 amide bonds. The van der Waals surface area contributed by atoms with Gasteiger partial charge in [0.25, 0.3) is 0 Å². The first-order valence-corrected chi connectivity index (χ1v) is 21.7. The third-order valence-electron chi connectivity index (χ3n) is 12.2. The fourth-order valence-corrected chi connectivity index (χ4v) is 12.2. The standard InChI is InChI=1S/C56H32OS2/c1-2-13-33(14-3-1)52-54-50(28-27-45-40-18-9-11-24-49(40)58-55(45)54)59-56(52)53-43-21-6-4-19-41(43)51(42-20-5-7-22-44(42)53)37-16-12-15-34(29-37)35-25-26-36-32-48-46(31-38(36)30-35)39-17-8-10-23-47(39)57-48/h1-32H. The maximum Gasteiger partial charge on any atom is 0.136 e. The summed E-state index contributed by atoms with van der Waals surface area (Å²) in [6.45, 7) is 0. The third-order valence-corrected chi connectivity index (χ3v) is 14.6. The van der Waals surface area contributed by atoms with Gasteiger partial charge in [0.15, 0.2) is 0 Å². The zero-order valence-corrected chi connectivity index (χ0v) is 33.3. The summed E-state index contributed by atoms with van der Waals surface area (Å²) in [5.41, 5.74) is 10.6. The number of hydrogen-bond acceptors (Lipinski definition) is 3. The Bertz CT molecular complexity index is 3790. The van der Waals surface area contributed by atoms with E-state index in [0.29, 0.717) is 0 Å². The van der Waals surface area contributed by atoms with Crippen LogP contribution in [0.5, 0.6) is 0 Å². The van der Waals surface area contributed by atoms with Crippen LogP contribution < -0.4 is 0 Å². The van der Waals surface area contributed by atoms with Gasteiger partial charge in [0.05, 0.1) is 0 Å². The number of hydrogen-bond donors (Lipinski definition) is 0. The molecule has 0 aliphatic carbocycles. The van der Waals surface area contributed by atoms with E-state index in [1.165, 1.54) is 106 Å². The summed E-state index contributed by atoms with van der Waals surface area (Å²) in [5, 5.41) is 13.8. The molecule has 0 spiro atoms. The maximum absolute atomic E-state index is 6.22. The SMILES string of the molecule is c1ccc(-c2c(-c3c4ccccc4c(-c4cccc(-c5ccc6cc7oc8ccccc8c7cc6c5)c4)c4ccccc34)sc3ccc4c5ccccc5sc4c23)cc1. The minimum Gasteiger partial charge on any atom is -0.456 e. The number of benzene rings is 10. The van der Waals surface area contributed by atoms with Gasteiger partial charge in [-0.05, 0) is 103 Å². The summed E-state index contributed by atoms with van der Waals surface area (Å²) in [5.74, 6) is 0. The van der Waals surface area contributed by atoms with Crippen LogP contribution in [-0.4, -0.2) is 0 Å². The molecule has 59 heavy (non-hydrogen) atoms. The summed E-state index contributed by atoms with van der Waals surface area (Å²) < 4.78 is 10.2. The van der Waals surface area contributed by atoms with Crippen molar-refractivity contribution >= 4 is 107 Å². The van der Waals surface area contributed by atoms with Gasteiger partial charge in [-0.25, -0.2) is 0 Å². The van der Waals surface area contributed by atoms with Crippen LogP contribution in [0.3, 0.4) is 0 Å². The third kappa shape index (κ3) is 4.96. The number of para-hydroxylation sites is 1. The zero-order valence-electron chi connectivity index (χ0n) is 31.7. The normalized spacial score (nSPS) is 12.1. The largest absolute Gasteiger partial charge is 0.456 e. The van der Waals surface area contributed by atoms with Gasteiger partial charge in [-0.3, -0.25) is 0 Å². The Morgan fingerprint density at radius 2 is 0.949 bits per heavy atom. The molecule has 0 N–H and O–H groups in total. The number of rotatable bonds is 4. The molecule has 13 rings (SSSR count). The van der Waals surface area contributed by atoms with E-state index < -0.39 is 0 Å². The van der Waals surface area contributed by atoms with Gasteiger partial charge in [-0.1, -0.05) is 152 Å². The van der Waals surface area contributed by atoms with Gasteiger partial charge < -0.3 is 4.42 Å². The quantitative estimate of drug-likeness (QED) is 0.162. The Hall–Kier alpha value is -7.04. The fourth-order valence-electron chi connectivity index (χ4n) is 9.61. The number of furan rings is 1. The van der Waals surface area contributed by atoms with Crippen molar-refractivity contribution in [1.82, 2.24) is 0 Å². The van der Waals surface area contributed by atoms with E-state index in [-0.39, 0.29) is 0 Å². The minimum atomic E-state index is 0.924. The first-order valence-electron chi connectivity index (χ1n) is 20.1. The van der Waals surface area contributed by atoms with Crippen LogP contribution in [0.25, 0.3) is 128 Å². The van der Waals surface area contributed by atoms with Gasteiger partial charge in [0.1, 0.15) is 11.2 Å². The molecule has 0 aliphatic rings. The Morgan fingerprint density at radius 3 is 1.75 bits per heavy atom. The van der Waals surface area contributed by atoms with Crippen molar-refractivity contribution in [2.24, 2.45) is 0 Å². The van der Waals surface area contributed by atoms with Crippen LogP contribution in [0, 0.1) is 0 Å². The lowest BCUT2D eigenvalue weighted by molar-refractivity contribution is 0.669. The molecule has 0 radical (unpaired) electrons. The predicted molar refractivity (Wildman–Crippen MR) is 256 cm³/mol. The molecule has 10 aromatic carbocycles. The lowest BCUT2D eigenvalue weighted by Crippen LogP contribution is -1.91. The van der Waals surface area contributed by atoms with Crippen LogP contribution in [0.1, 0.15) is 0 Å². The Balaban J connectivity index is 1.05. The zero-order chi connectivity index (χ0) is 38.6. The van der Waals surface area contributed by atoms with E-state index >= 15 is 0 Å². The molecule has 0 fully saturated rings. The second kappa shape index (κ2) is 12.7. The molecule has 0 saturated carbocycles. The second-order valence-corrected chi connectivity index (χ2v) is 17.6. The molecule has 274 valence electrons. The van der Waals surface area contributed by atoms with Crippen LogP contribution in [0.2, 0.25) is 0 Å². The highest BCUT2D eigenvalue weighted by atomic mass is 32.1. The number of fused-ring (bicyclic) bond motifs is 11. The van der Waals surface area contributed by atoms with Crippen LogP contribution in [-0.2, 0) is 0 Å². The number of thiophene rings is 2. The topological polar surface area (TPSA) is 13.1 Å². The van der Waals surface area contributed by atoms with Crippen LogP contribution in [0.4, 0.5) is 0 Å². The Kier molecular flexibility index (Phi) is 7.12. The van der Waals surface area contributed by atoms with Gasteiger partial charge >= 0.3 is 0 Å². The minimum absolute atomic E-state index is 0.924. The average Bonchev–Trinajstić information content (AvgIpc) is 3.98. The van der Waals surface area contributed by atoms with Crippen molar-refractivity contribution in [2.45, 2.75) is 0 Å². The van der Waals surface area contributed by atoms with Crippen molar-refractivity contribution in [2.75, 3.05) is 0 Å². The van der Waals surface area contributed by atoms with E-state index in [1.54, 1.807) is 0 Å². The van der Waals surface area contributed by atoms with Crippen molar-refractivity contribution < 1.29 is 4.42 Å². The highest BCUT2D eigenvalue weighted by molar-refractivity contribution is 7.28. The van der Waals surface area contributed by atoms with Gasteiger partial charge in [-0.2, -0.15) is 0 Å². The lowest BCUT2D eigenvalue weighted by atomic mass is 9.85. The highest BCUT2D eigenvalue weighted by Crippen LogP contribution is 2.54. The monoisotopic (exact) mass is 784 g/mol. The van der Waals surface area contributed by atoms with Crippen molar-refractivity contribution in [3.05, 3.63) is 194 Å². The molecular weight excluding hydrogens is 753 g/mol. The van der Waals surface area contributed by atoms with Gasteiger partial charge in [0.2, 0.25) is 0 Å². The molecule has 0 saturated heterocycles. The first kappa shape index (κ1) is 33.0. The molecule has 3 heterocycles. The Morgan fingerprint density at radius 1 is 0.305 bits per heavy atom. The molecule has 1 nitrogen and oxygen atoms in total. The summed E-state index contributed by atoms with van der Waals surface area (Å²) in [7, 11) is 0. The van der Waals surface area contributed by atoms with Crippen LogP contribution in [0.15, 0.2) is 199 Å². The summed E-state index contributed by atoms with van der Waals surface area (Å²) >= 11 is 3.85. The predicted octanol–water partition coefficient (Wildman–Crippen LogP) is 17.3. The van der Waals surface area contributed by atoms with Crippen molar-refractivity contribution in [3.8, 4) is 43.8 Å². The molecule has 3 heteroatoms. The van der Waals surface area contributed by atoms with E-state index in [0.717, 1.165) is 21.9 Å². The summed E-state index contributed by atoms with van der Waals surface area (Å²) in [6, 6.07) is 71.4. The highest BCUT2D eigenvalue weighted by Gasteiger charge is 2.24. The van der Waals surface area contributed by atoms with E-state index in [4.69, 9.17) is 4.42 Å². The van der Waals surface area contributed by atoms with Crippen molar-refractivity contribution in [1.29, 1.82) is 0 Å². The van der Waals surface area contributed by atoms with Crippen molar-refractivity contribution in [3.63, 3.8) is 0 Å². The van der Waals surface area contributed by atoms with Crippen LogP contribution >= 0.6 is 22.7 Å². The average molecular weight is 785 g/mol. The smallest absolute Gasteiger partial charge is 0.136 e. The lowest BCUT2D eigenvalue weighted by Gasteiger charge is -2.18. The van der Waals surface area contributed by atoms with E-state index in [9.17, 15) is 0 Å². The second-order valence-electron chi connectivity index (χ2n) is 15.5. The Labute approximate surface area is 347 Å². The summed E-state index contributed by atoms with van der Waals surface area (Å²) in [4.78, 5) is 1.32. The van der Waals surface area contributed by atoms with Gasteiger partial charge in [0, 0.05) is 57.0 Å². The van der Waals surface area contributed by atoms with E-state index in [1.807, 2.05) is 34.8 Å². The summed E-state index contributed by atoms with van der Waals surface area (Å²) in [6.07, 6.45) is 0. The molecular formula is C56H32OS2. The molecule has 0 atom stereocenters. The maximum atomic E-state index is 6.22. The molecule has 3 aromatic heterocycles. The van der Waals surface area contributed by atoms with Gasteiger partial charge in [-0.15, -0.1) is 22.7 Å². The van der Waals surface area contributed by atoms with E-state index in [2.05, 4.69) is 182 Å². The molecule has 0 bridgehead atoms. The molecule has 13 aromatic rings. The molecule has 0 aliphatic heterocycles. The first-order chi connectivity index (χ1) is 29.2.